The van der Waals surface area contributed by atoms with Gasteiger partial charge in [0.05, 0.1) is 17.8 Å². The number of nitrogens with one attached hydrogen (secondary N) is 1. The zero-order chi connectivity index (χ0) is 21.3. The highest BCUT2D eigenvalue weighted by Crippen LogP contribution is 2.26. The molecular formula is C16H10Cl4N4O4S. The minimum absolute atomic E-state index is 0.0873. The van der Waals surface area contributed by atoms with Gasteiger partial charge in [-0.05, 0) is 35.9 Å². The number of carbonyl (C=O) groups is 1. The first-order valence-corrected chi connectivity index (χ1v) is 10.6. The zero-order valence-corrected chi connectivity index (χ0v) is 18.2. The molecule has 0 unspecified atom stereocenters. The third-order valence-corrected chi connectivity index (χ3v) is 6.04. The van der Waals surface area contributed by atoms with Crippen molar-refractivity contribution in [2.24, 2.45) is 0 Å². The summed E-state index contributed by atoms with van der Waals surface area (Å²) >= 11 is 23.7. The summed E-state index contributed by atoms with van der Waals surface area (Å²) in [5.41, 5.74) is 0.117. The number of nitrogens with zero attached hydrogens (tertiary/aromatic N) is 3. The lowest BCUT2D eigenvalue weighted by Crippen LogP contribution is -2.31. The SMILES string of the molecule is COc1ccc(Cl)c(S(=O)(=O)NC(=O)c2cn(-c3cc(Cl)nc(Cl)c3)c(Cl)n2)c1. The molecule has 152 valence electrons. The Balaban J connectivity index is 1.92. The van der Waals surface area contributed by atoms with E-state index in [9.17, 15) is 13.2 Å². The van der Waals surface area contributed by atoms with Crippen LogP contribution in [0.2, 0.25) is 20.6 Å². The van der Waals surface area contributed by atoms with E-state index in [1.54, 1.807) is 0 Å². The standard InChI is InChI=1S/C16H10Cl4N4O4S/c1-28-9-2-3-10(17)12(6-9)29(26,27)23-15(25)11-7-24(16(20)21-11)8-4-13(18)22-14(19)5-8/h2-7H,1H3,(H,23,25). The summed E-state index contributed by atoms with van der Waals surface area (Å²) in [4.78, 5) is 19.8. The summed E-state index contributed by atoms with van der Waals surface area (Å²) in [7, 11) is -2.94. The minimum atomic E-state index is -4.31. The van der Waals surface area contributed by atoms with E-state index in [1.165, 1.54) is 48.2 Å². The molecule has 0 aliphatic carbocycles. The smallest absolute Gasteiger partial charge is 0.285 e. The van der Waals surface area contributed by atoms with E-state index >= 15 is 0 Å². The van der Waals surface area contributed by atoms with E-state index < -0.39 is 15.9 Å². The number of ether oxygens (including phenoxy) is 1. The lowest BCUT2D eigenvalue weighted by molar-refractivity contribution is 0.0977. The minimum Gasteiger partial charge on any atom is -0.497 e. The van der Waals surface area contributed by atoms with E-state index in [-0.39, 0.29) is 37.0 Å². The fourth-order valence-corrected chi connectivity index (χ4v) is 4.45. The van der Waals surface area contributed by atoms with Gasteiger partial charge < -0.3 is 4.74 Å². The highest BCUT2D eigenvalue weighted by atomic mass is 35.5. The van der Waals surface area contributed by atoms with Crippen LogP contribution < -0.4 is 9.46 Å². The number of halogens is 4. The highest BCUT2D eigenvalue weighted by Gasteiger charge is 2.24. The Kier molecular flexibility index (Phi) is 6.25. The Morgan fingerprint density at radius 3 is 2.34 bits per heavy atom. The van der Waals surface area contributed by atoms with E-state index in [2.05, 4.69) is 9.97 Å². The van der Waals surface area contributed by atoms with Crippen molar-refractivity contribution in [3.63, 3.8) is 0 Å². The molecule has 0 spiro atoms. The van der Waals surface area contributed by atoms with E-state index in [0.717, 1.165) is 0 Å². The fraction of sp³-hybridized carbons (Fsp3) is 0.0625. The van der Waals surface area contributed by atoms with Crippen molar-refractivity contribution >= 4 is 62.3 Å². The molecule has 1 aromatic carbocycles. The molecule has 2 heterocycles. The maximum Gasteiger partial charge on any atom is 0.285 e. The fourth-order valence-electron chi connectivity index (χ4n) is 2.29. The number of amides is 1. The molecule has 13 heteroatoms. The Bertz CT molecular complexity index is 1190. The molecule has 0 atom stereocenters. The monoisotopic (exact) mass is 494 g/mol. The first-order valence-electron chi connectivity index (χ1n) is 7.60. The maximum absolute atomic E-state index is 12.6. The Hall–Kier alpha value is -2.04. The van der Waals surface area contributed by atoms with Crippen LogP contribution in [0.3, 0.4) is 0 Å². The first-order chi connectivity index (χ1) is 13.6. The van der Waals surface area contributed by atoms with Gasteiger partial charge in [0.2, 0.25) is 5.28 Å². The van der Waals surface area contributed by atoms with Crippen molar-refractivity contribution in [3.05, 3.63) is 62.8 Å². The second-order valence-corrected chi connectivity index (χ2v) is 8.64. The summed E-state index contributed by atoms with van der Waals surface area (Å²) in [6.45, 7) is 0. The average molecular weight is 496 g/mol. The second-order valence-electron chi connectivity index (χ2n) is 5.47. The summed E-state index contributed by atoms with van der Waals surface area (Å²) < 4.78 is 33.3. The van der Waals surface area contributed by atoms with E-state index in [4.69, 9.17) is 51.1 Å². The van der Waals surface area contributed by atoms with Crippen molar-refractivity contribution in [2.75, 3.05) is 7.11 Å². The Labute approximate surface area is 185 Å². The number of aromatic nitrogens is 3. The molecule has 29 heavy (non-hydrogen) atoms. The van der Waals surface area contributed by atoms with E-state index in [1.807, 2.05) is 4.72 Å². The number of hydrogen-bond donors (Lipinski definition) is 1. The van der Waals surface area contributed by atoms with Crippen molar-refractivity contribution < 1.29 is 17.9 Å². The van der Waals surface area contributed by atoms with Crippen LogP contribution in [0.25, 0.3) is 5.69 Å². The molecule has 0 aliphatic rings. The number of sulfonamides is 1. The van der Waals surface area contributed by atoms with Crippen LogP contribution in [0.1, 0.15) is 10.5 Å². The molecule has 0 bridgehead atoms. The predicted molar refractivity (Wildman–Crippen MR) is 109 cm³/mol. The average Bonchev–Trinajstić information content (AvgIpc) is 3.03. The van der Waals surface area contributed by atoms with Gasteiger partial charge in [-0.2, -0.15) is 0 Å². The normalized spacial score (nSPS) is 11.3. The third kappa shape index (κ3) is 4.76. The van der Waals surface area contributed by atoms with Gasteiger partial charge in [-0.3, -0.25) is 9.36 Å². The Morgan fingerprint density at radius 2 is 1.72 bits per heavy atom. The molecule has 0 fully saturated rings. The van der Waals surface area contributed by atoms with Crippen LogP contribution in [0, 0.1) is 0 Å². The van der Waals surface area contributed by atoms with Gasteiger partial charge in [-0.1, -0.05) is 34.8 Å². The van der Waals surface area contributed by atoms with Crippen LogP contribution in [-0.2, 0) is 10.0 Å². The topological polar surface area (TPSA) is 103 Å². The largest absolute Gasteiger partial charge is 0.497 e. The molecule has 1 N–H and O–H groups in total. The molecule has 8 nitrogen and oxygen atoms in total. The quantitative estimate of drug-likeness (QED) is 0.536. The molecule has 3 rings (SSSR count). The molecule has 2 aromatic heterocycles. The maximum atomic E-state index is 12.6. The highest BCUT2D eigenvalue weighted by molar-refractivity contribution is 7.90. The van der Waals surface area contributed by atoms with Crippen molar-refractivity contribution in [3.8, 4) is 11.4 Å². The van der Waals surface area contributed by atoms with Crippen molar-refractivity contribution in [1.82, 2.24) is 19.3 Å². The molecule has 0 saturated heterocycles. The van der Waals surface area contributed by atoms with Crippen LogP contribution in [0.15, 0.2) is 41.4 Å². The van der Waals surface area contributed by atoms with Crippen molar-refractivity contribution in [1.29, 1.82) is 0 Å². The van der Waals surface area contributed by atoms with Gasteiger partial charge in [0.25, 0.3) is 15.9 Å². The molecule has 0 saturated carbocycles. The van der Waals surface area contributed by atoms with Gasteiger partial charge in [0, 0.05) is 12.3 Å². The molecule has 1 amide bonds. The lowest BCUT2D eigenvalue weighted by Gasteiger charge is -2.09. The molecule has 3 aromatic rings. The van der Waals surface area contributed by atoms with Crippen molar-refractivity contribution in [2.45, 2.75) is 4.90 Å². The first kappa shape index (κ1) is 21.7. The summed E-state index contributed by atoms with van der Waals surface area (Å²) in [6, 6.07) is 6.88. The van der Waals surface area contributed by atoms with Crippen LogP contribution in [0.4, 0.5) is 0 Å². The Morgan fingerprint density at radius 1 is 1.07 bits per heavy atom. The van der Waals surface area contributed by atoms with Gasteiger partial charge in [0.1, 0.15) is 26.6 Å². The second kappa shape index (κ2) is 8.37. The van der Waals surface area contributed by atoms with Crippen LogP contribution in [-0.4, -0.2) is 36.0 Å². The van der Waals surface area contributed by atoms with Gasteiger partial charge >= 0.3 is 0 Å². The zero-order valence-electron chi connectivity index (χ0n) is 14.4. The molecule has 0 aliphatic heterocycles. The van der Waals surface area contributed by atoms with Gasteiger partial charge in [-0.15, -0.1) is 0 Å². The van der Waals surface area contributed by atoms with Crippen LogP contribution >= 0.6 is 46.4 Å². The van der Waals surface area contributed by atoms with Crippen LogP contribution in [0.5, 0.6) is 5.75 Å². The molecular weight excluding hydrogens is 486 g/mol. The summed E-state index contributed by atoms with van der Waals surface area (Å²) in [5, 5.41) is -0.0157. The van der Waals surface area contributed by atoms with E-state index in [0.29, 0.717) is 5.69 Å². The third-order valence-electron chi connectivity index (χ3n) is 3.58. The van der Waals surface area contributed by atoms with Gasteiger partial charge in [-0.25, -0.2) is 23.1 Å². The number of carbonyl (C=O) groups excluding carboxylic acids is 1. The summed E-state index contributed by atoms with van der Waals surface area (Å²) in [6.07, 6.45) is 1.22. The number of pyridine rings is 1. The molecule has 0 radical (unpaired) electrons. The lowest BCUT2D eigenvalue weighted by atomic mass is 10.3. The van der Waals surface area contributed by atoms with Gasteiger partial charge in [0.15, 0.2) is 0 Å². The summed E-state index contributed by atoms with van der Waals surface area (Å²) in [5.74, 6) is -0.767. The number of hydrogen-bond acceptors (Lipinski definition) is 6. The number of benzene rings is 1. The number of methoxy groups -OCH3 is 1. The predicted octanol–water partition coefficient (Wildman–Crippen LogP) is 4.01. The number of imidazole rings is 1. The number of rotatable bonds is 5.